The fourth-order valence-electron chi connectivity index (χ4n) is 3.79. The molecular formula is C19H27NO3. The molecule has 0 aromatic heterocycles. The molecule has 2 unspecified atom stereocenters. The van der Waals surface area contributed by atoms with E-state index in [1.807, 2.05) is 36.9 Å². The zero-order valence-corrected chi connectivity index (χ0v) is 14.3. The van der Waals surface area contributed by atoms with E-state index in [0.29, 0.717) is 25.4 Å². The van der Waals surface area contributed by atoms with E-state index >= 15 is 0 Å². The second kappa shape index (κ2) is 7.16. The van der Waals surface area contributed by atoms with Crippen LogP contribution in [0.4, 0.5) is 0 Å². The molecule has 1 aromatic carbocycles. The zero-order chi connectivity index (χ0) is 17.0. The number of hydrogen-bond acceptors (Lipinski definition) is 2. The van der Waals surface area contributed by atoms with E-state index in [4.69, 9.17) is 0 Å². The van der Waals surface area contributed by atoms with Gasteiger partial charge in [0, 0.05) is 19.0 Å². The number of carbonyl (C=O) groups excluding carboxylic acids is 1. The highest BCUT2D eigenvalue weighted by Crippen LogP contribution is 2.36. The first-order valence-electron chi connectivity index (χ1n) is 8.38. The van der Waals surface area contributed by atoms with E-state index in [0.717, 1.165) is 6.42 Å². The summed E-state index contributed by atoms with van der Waals surface area (Å²) >= 11 is 0. The molecule has 0 spiro atoms. The number of carboxylic acid groups (broad SMARTS) is 1. The maximum atomic E-state index is 13.0. The standard InChI is InChI=1S/C19H27NO3/c1-14(2)11-19(3,12-17(21)22)18(23)20-10-9-16(13-20)15-7-5-4-6-8-15/h4-8,14,16H,9-13H2,1-3H3,(H,21,22). The predicted octanol–water partition coefficient (Wildman–Crippen LogP) is 3.53. The first kappa shape index (κ1) is 17.5. The van der Waals surface area contributed by atoms with E-state index in [-0.39, 0.29) is 18.2 Å². The number of likely N-dealkylation sites (tertiary alicyclic amines) is 1. The smallest absolute Gasteiger partial charge is 0.304 e. The molecule has 1 aliphatic rings. The van der Waals surface area contributed by atoms with Crippen molar-refractivity contribution >= 4 is 11.9 Å². The van der Waals surface area contributed by atoms with Crippen molar-refractivity contribution in [2.45, 2.75) is 46.0 Å². The van der Waals surface area contributed by atoms with Crippen molar-refractivity contribution in [3.63, 3.8) is 0 Å². The number of benzene rings is 1. The number of aliphatic carboxylic acids is 1. The first-order chi connectivity index (χ1) is 10.8. The normalized spacial score (nSPS) is 20.5. The monoisotopic (exact) mass is 317 g/mol. The Labute approximate surface area is 138 Å². The molecule has 1 aromatic rings. The highest BCUT2D eigenvalue weighted by Gasteiger charge is 2.41. The third kappa shape index (κ3) is 4.34. The van der Waals surface area contributed by atoms with Gasteiger partial charge in [-0.3, -0.25) is 9.59 Å². The van der Waals surface area contributed by atoms with Crippen LogP contribution in [0.3, 0.4) is 0 Å². The lowest BCUT2D eigenvalue weighted by molar-refractivity contribution is -0.150. The summed E-state index contributed by atoms with van der Waals surface area (Å²) in [6.07, 6.45) is 1.45. The molecule has 0 radical (unpaired) electrons. The van der Waals surface area contributed by atoms with Crippen molar-refractivity contribution in [2.75, 3.05) is 13.1 Å². The summed E-state index contributed by atoms with van der Waals surface area (Å²) in [5.74, 6) is -0.267. The SMILES string of the molecule is CC(C)CC(C)(CC(=O)O)C(=O)N1CCC(c2ccccc2)C1. The van der Waals surface area contributed by atoms with Gasteiger partial charge in [0.1, 0.15) is 0 Å². The summed E-state index contributed by atoms with van der Waals surface area (Å²) in [6.45, 7) is 7.27. The van der Waals surface area contributed by atoms with Gasteiger partial charge in [0.05, 0.1) is 11.8 Å². The number of nitrogens with zero attached hydrogens (tertiary/aromatic N) is 1. The van der Waals surface area contributed by atoms with Crippen LogP contribution in [0, 0.1) is 11.3 Å². The van der Waals surface area contributed by atoms with Crippen LogP contribution in [0.5, 0.6) is 0 Å². The number of carbonyl (C=O) groups is 2. The molecular weight excluding hydrogens is 290 g/mol. The molecule has 126 valence electrons. The van der Waals surface area contributed by atoms with Gasteiger partial charge in [-0.1, -0.05) is 51.1 Å². The van der Waals surface area contributed by atoms with Gasteiger partial charge in [0.15, 0.2) is 0 Å². The Morgan fingerprint density at radius 2 is 1.96 bits per heavy atom. The lowest BCUT2D eigenvalue weighted by atomic mass is 9.78. The second-order valence-electron chi connectivity index (χ2n) is 7.38. The molecule has 1 heterocycles. The maximum absolute atomic E-state index is 13.0. The Morgan fingerprint density at radius 3 is 2.52 bits per heavy atom. The van der Waals surface area contributed by atoms with Gasteiger partial charge >= 0.3 is 5.97 Å². The van der Waals surface area contributed by atoms with Gasteiger partial charge in [-0.05, 0) is 24.3 Å². The van der Waals surface area contributed by atoms with Crippen LogP contribution in [0.2, 0.25) is 0 Å². The zero-order valence-electron chi connectivity index (χ0n) is 14.3. The molecule has 0 bridgehead atoms. The summed E-state index contributed by atoms with van der Waals surface area (Å²) in [5.41, 5.74) is 0.442. The first-order valence-corrected chi connectivity index (χ1v) is 8.38. The second-order valence-corrected chi connectivity index (χ2v) is 7.38. The molecule has 1 fully saturated rings. The molecule has 2 rings (SSSR count). The number of amides is 1. The van der Waals surface area contributed by atoms with Crippen molar-refractivity contribution in [1.29, 1.82) is 0 Å². The molecule has 23 heavy (non-hydrogen) atoms. The van der Waals surface area contributed by atoms with E-state index in [1.54, 1.807) is 6.92 Å². The maximum Gasteiger partial charge on any atom is 0.304 e. The Kier molecular flexibility index (Phi) is 5.45. The molecule has 1 N–H and O–H groups in total. The lowest BCUT2D eigenvalue weighted by Crippen LogP contribution is -2.43. The summed E-state index contributed by atoms with van der Waals surface area (Å²) in [5, 5.41) is 9.21. The summed E-state index contributed by atoms with van der Waals surface area (Å²) < 4.78 is 0. The van der Waals surface area contributed by atoms with Crippen LogP contribution < -0.4 is 0 Å². The van der Waals surface area contributed by atoms with E-state index in [9.17, 15) is 14.7 Å². The van der Waals surface area contributed by atoms with Crippen molar-refractivity contribution in [1.82, 2.24) is 4.90 Å². The molecule has 1 saturated heterocycles. The van der Waals surface area contributed by atoms with Crippen molar-refractivity contribution in [3.8, 4) is 0 Å². The topological polar surface area (TPSA) is 57.6 Å². The van der Waals surface area contributed by atoms with Crippen molar-refractivity contribution in [3.05, 3.63) is 35.9 Å². The van der Waals surface area contributed by atoms with Crippen LogP contribution in [-0.2, 0) is 9.59 Å². The average Bonchev–Trinajstić information content (AvgIpc) is 2.95. The van der Waals surface area contributed by atoms with Gasteiger partial charge in [0.25, 0.3) is 0 Å². The molecule has 0 aliphatic carbocycles. The van der Waals surface area contributed by atoms with E-state index in [1.165, 1.54) is 5.56 Å². The minimum Gasteiger partial charge on any atom is -0.481 e. The minimum absolute atomic E-state index is 0.00738. The summed E-state index contributed by atoms with van der Waals surface area (Å²) in [6, 6.07) is 10.2. The van der Waals surface area contributed by atoms with Crippen LogP contribution >= 0.6 is 0 Å². The van der Waals surface area contributed by atoms with E-state index < -0.39 is 11.4 Å². The van der Waals surface area contributed by atoms with Crippen LogP contribution in [0.1, 0.15) is 51.5 Å². The highest BCUT2D eigenvalue weighted by molar-refractivity contribution is 5.87. The molecule has 1 amide bonds. The number of carboxylic acids is 1. The Bertz CT molecular complexity index is 555. The molecule has 4 heteroatoms. The average molecular weight is 317 g/mol. The Morgan fingerprint density at radius 1 is 1.30 bits per heavy atom. The van der Waals surface area contributed by atoms with E-state index in [2.05, 4.69) is 12.1 Å². The molecule has 2 atom stereocenters. The van der Waals surface area contributed by atoms with Crippen LogP contribution in [-0.4, -0.2) is 35.0 Å². The molecule has 0 saturated carbocycles. The number of hydrogen-bond donors (Lipinski definition) is 1. The summed E-state index contributed by atoms with van der Waals surface area (Å²) in [4.78, 5) is 26.1. The highest BCUT2D eigenvalue weighted by atomic mass is 16.4. The fraction of sp³-hybridized carbons (Fsp3) is 0.579. The largest absolute Gasteiger partial charge is 0.481 e. The Hall–Kier alpha value is -1.84. The van der Waals surface area contributed by atoms with Gasteiger partial charge in [0.2, 0.25) is 5.91 Å². The minimum atomic E-state index is -0.902. The predicted molar refractivity (Wildman–Crippen MR) is 90.2 cm³/mol. The quantitative estimate of drug-likeness (QED) is 0.873. The fourth-order valence-corrected chi connectivity index (χ4v) is 3.79. The Balaban J connectivity index is 2.10. The van der Waals surface area contributed by atoms with Gasteiger partial charge < -0.3 is 10.0 Å². The molecule has 4 nitrogen and oxygen atoms in total. The van der Waals surface area contributed by atoms with Crippen molar-refractivity contribution in [2.24, 2.45) is 11.3 Å². The lowest BCUT2D eigenvalue weighted by Gasteiger charge is -2.33. The summed E-state index contributed by atoms with van der Waals surface area (Å²) in [7, 11) is 0. The third-order valence-corrected chi connectivity index (χ3v) is 4.66. The van der Waals surface area contributed by atoms with Crippen LogP contribution in [0.15, 0.2) is 30.3 Å². The third-order valence-electron chi connectivity index (χ3n) is 4.66. The van der Waals surface area contributed by atoms with Gasteiger partial charge in [-0.2, -0.15) is 0 Å². The van der Waals surface area contributed by atoms with Crippen molar-refractivity contribution < 1.29 is 14.7 Å². The molecule has 1 aliphatic heterocycles. The van der Waals surface area contributed by atoms with Gasteiger partial charge in [-0.15, -0.1) is 0 Å². The van der Waals surface area contributed by atoms with Crippen LogP contribution in [0.25, 0.3) is 0 Å². The van der Waals surface area contributed by atoms with Gasteiger partial charge in [-0.25, -0.2) is 0 Å². The number of rotatable bonds is 6.